The van der Waals surface area contributed by atoms with Crippen molar-refractivity contribution < 1.29 is 4.79 Å². The molecule has 1 aromatic carbocycles. The number of benzene rings is 1. The van der Waals surface area contributed by atoms with E-state index >= 15 is 0 Å². The lowest BCUT2D eigenvalue weighted by molar-refractivity contribution is -0.113. The van der Waals surface area contributed by atoms with E-state index in [4.69, 9.17) is 34.8 Å². The fourth-order valence-electron chi connectivity index (χ4n) is 1.77. The first-order valence-corrected chi connectivity index (χ1v) is 8.51. The first kappa shape index (κ1) is 17.4. The summed E-state index contributed by atoms with van der Waals surface area (Å²) >= 11 is 19.1. The van der Waals surface area contributed by atoms with E-state index in [2.05, 4.69) is 15.5 Å². The molecule has 1 N–H and O–H groups in total. The van der Waals surface area contributed by atoms with E-state index in [0.29, 0.717) is 25.9 Å². The van der Waals surface area contributed by atoms with Crippen LogP contribution < -0.4 is 5.32 Å². The zero-order valence-electron chi connectivity index (χ0n) is 11.9. The highest BCUT2D eigenvalue weighted by atomic mass is 35.5. The first-order chi connectivity index (χ1) is 10.4. The van der Waals surface area contributed by atoms with Crippen LogP contribution in [-0.4, -0.2) is 26.4 Å². The third-order valence-corrected chi connectivity index (χ3v) is 4.84. The summed E-state index contributed by atoms with van der Waals surface area (Å²) in [5.41, 5.74) is 0.426. The number of anilines is 1. The zero-order valence-corrected chi connectivity index (χ0v) is 14.9. The fourth-order valence-corrected chi connectivity index (χ4v) is 3.21. The maximum atomic E-state index is 12.0. The number of carbonyl (C=O) groups excluding carboxylic acids is 1. The van der Waals surface area contributed by atoms with Crippen molar-refractivity contribution in [1.29, 1.82) is 0 Å². The van der Waals surface area contributed by atoms with Crippen LogP contribution in [0.1, 0.15) is 12.7 Å². The molecule has 0 spiro atoms. The van der Waals surface area contributed by atoms with Crippen LogP contribution in [0.5, 0.6) is 0 Å². The molecule has 9 heteroatoms. The van der Waals surface area contributed by atoms with Crippen molar-refractivity contribution in [3.63, 3.8) is 0 Å². The van der Waals surface area contributed by atoms with Crippen LogP contribution in [0.2, 0.25) is 15.1 Å². The summed E-state index contributed by atoms with van der Waals surface area (Å²) in [4.78, 5) is 12.0. The monoisotopic (exact) mass is 378 g/mol. The number of aryl methyl sites for hydroxylation is 1. The molecule has 0 unspecified atom stereocenters. The van der Waals surface area contributed by atoms with Crippen LogP contribution in [0.3, 0.4) is 0 Å². The minimum absolute atomic E-state index is 0.189. The van der Waals surface area contributed by atoms with Crippen molar-refractivity contribution in [1.82, 2.24) is 14.8 Å². The fraction of sp³-hybridized carbons (Fsp3) is 0.308. The smallest absolute Gasteiger partial charge is 0.234 e. The van der Waals surface area contributed by atoms with Crippen LogP contribution in [0.15, 0.2) is 17.3 Å². The highest BCUT2D eigenvalue weighted by molar-refractivity contribution is 7.99. The number of hydrogen-bond acceptors (Lipinski definition) is 4. The third kappa shape index (κ3) is 4.07. The number of nitrogens with zero attached hydrogens (tertiary/aromatic N) is 3. The molecule has 0 aliphatic heterocycles. The Bertz CT molecular complexity index is 705. The molecule has 0 radical (unpaired) electrons. The molecule has 2 rings (SSSR count). The number of carbonyl (C=O) groups is 1. The van der Waals surface area contributed by atoms with Gasteiger partial charge in [0.05, 0.1) is 26.5 Å². The van der Waals surface area contributed by atoms with E-state index in [-0.39, 0.29) is 11.7 Å². The number of rotatable bonds is 5. The summed E-state index contributed by atoms with van der Waals surface area (Å²) in [5.74, 6) is 0.792. The molecule has 0 fully saturated rings. The standard InChI is InChI=1S/C13H13Cl3N4OS/c1-3-20-7(2)18-19-13(20)22-6-12(21)17-11-5-9(15)8(14)4-10(11)16/h4-5H,3,6H2,1-2H3,(H,17,21). The summed E-state index contributed by atoms with van der Waals surface area (Å²) < 4.78 is 1.93. The molecule has 1 heterocycles. The Balaban J connectivity index is 2.00. The van der Waals surface area contributed by atoms with Gasteiger partial charge in [-0.2, -0.15) is 0 Å². The zero-order chi connectivity index (χ0) is 16.3. The molecule has 22 heavy (non-hydrogen) atoms. The quantitative estimate of drug-likeness (QED) is 0.621. The van der Waals surface area contributed by atoms with Crippen molar-refractivity contribution in [3.8, 4) is 0 Å². The Morgan fingerprint density at radius 1 is 1.23 bits per heavy atom. The minimum Gasteiger partial charge on any atom is -0.324 e. The van der Waals surface area contributed by atoms with Gasteiger partial charge in [0.25, 0.3) is 0 Å². The minimum atomic E-state index is -0.214. The van der Waals surface area contributed by atoms with Gasteiger partial charge < -0.3 is 9.88 Å². The third-order valence-electron chi connectivity index (χ3n) is 2.83. The van der Waals surface area contributed by atoms with Crippen molar-refractivity contribution >= 4 is 58.2 Å². The summed E-state index contributed by atoms with van der Waals surface area (Å²) in [5, 5.41) is 12.4. The van der Waals surface area contributed by atoms with Crippen molar-refractivity contribution in [2.75, 3.05) is 11.1 Å². The van der Waals surface area contributed by atoms with E-state index in [1.54, 1.807) is 0 Å². The van der Waals surface area contributed by atoms with Crippen LogP contribution in [0.25, 0.3) is 0 Å². The second kappa shape index (κ2) is 7.55. The van der Waals surface area contributed by atoms with Crippen LogP contribution in [0.4, 0.5) is 5.69 Å². The average Bonchev–Trinajstić information content (AvgIpc) is 2.82. The van der Waals surface area contributed by atoms with Gasteiger partial charge in [-0.05, 0) is 26.0 Å². The molecule has 118 valence electrons. The highest BCUT2D eigenvalue weighted by Gasteiger charge is 2.13. The number of hydrogen-bond donors (Lipinski definition) is 1. The van der Waals surface area contributed by atoms with Gasteiger partial charge in [-0.25, -0.2) is 0 Å². The summed E-state index contributed by atoms with van der Waals surface area (Å²) in [6.07, 6.45) is 0. The maximum Gasteiger partial charge on any atom is 0.234 e. The highest BCUT2D eigenvalue weighted by Crippen LogP contribution is 2.32. The molecule has 0 bridgehead atoms. The van der Waals surface area contributed by atoms with Gasteiger partial charge in [0, 0.05) is 6.54 Å². The van der Waals surface area contributed by atoms with E-state index in [1.807, 2.05) is 18.4 Å². The van der Waals surface area contributed by atoms with Gasteiger partial charge in [-0.3, -0.25) is 4.79 Å². The molecule has 0 aliphatic rings. The molecular formula is C13H13Cl3N4OS. The summed E-state index contributed by atoms with van der Waals surface area (Å²) in [6.45, 7) is 4.62. The first-order valence-electron chi connectivity index (χ1n) is 6.39. The molecule has 1 aromatic heterocycles. The Labute approximate surface area is 147 Å². The van der Waals surface area contributed by atoms with Crippen LogP contribution in [-0.2, 0) is 11.3 Å². The van der Waals surface area contributed by atoms with Crippen LogP contribution in [0, 0.1) is 6.92 Å². The number of aromatic nitrogens is 3. The maximum absolute atomic E-state index is 12.0. The SMILES string of the molecule is CCn1c(C)nnc1SCC(=O)Nc1cc(Cl)c(Cl)cc1Cl. The Kier molecular flexibility index (Phi) is 5.97. The van der Waals surface area contributed by atoms with Crippen molar-refractivity contribution in [2.24, 2.45) is 0 Å². The molecule has 0 saturated carbocycles. The lowest BCUT2D eigenvalue weighted by Gasteiger charge is -2.09. The lowest BCUT2D eigenvalue weighted by atomic mass is 10.3. The predicted molar refractivity (Wildman–Crippen MR) is 91.3 cm³/mol. The molecule has 2 aromatic rings. The molecule has 5 nitrogen and oxygen atoms in total. The van der Waals surface area contributed by atoms with Gasteiger partial charge in [-0.15, -0.1) is 10.2 Å². The Morgan fingerprint density at radius 3 is 2.59 bits per heavy atom. The molecule has 0 saturated heterocycles. The number of thioether (sulfide) groups is 1. The van der Waals surface area contributed by atoms with Crippen LogP contribution >= 0.6 is 46.6 Å². The molecule has 0 aliphatic carbocycles. The van der Waals surface area contributed by atoms with E-state index < -0.39 is 0 Å². The predicted octanol–water partition coefficient (Wildman–Crippen LogP) is 4.30. The Hall–Kier alpha value is -0.950. The lowest BCUT2D eigenvalue weighted by Crippen LogP contribution is -2.15. The average molecular weight is 380 g/mol. The van der Waals surface area contributed by atoms with Crippen molar-refractivity contribution in [2.45, 2.75) is 25.5 Å². The van der Waals surface area contributed by atoms with Gasteiger partial charge in [0.1, 0.15) is 5.82 Å². The molecule has 0 atom stereocenters. The summed E-state index contributed by atoms with van der Waals surface area (Å²) in [6, 6.07) is 3.01. The molecule has 1 amide bonds. The Morgan fingerprint density at radius 2 is 1.91 bits per heavy atom. The second-order valence-corrected chi connectivity index (χ2v) is 6.52. The molecular weight excluding hydrogens is 367 g/mol. The van der Waals surface area contributed by atoms with Gasteiger partial charge in [0.15, 0.2) is 5.16 Å². The largest absolute Gasteiger partial charge is 0.324 e. The van der Waals surface area contributed by atoms with E-state index in [1.165, 1.54) is 23.9 Å². The van der Waals surface area contributed by atoms with E-state index in [0.717, 1.165) is 12.4 Å². The van der Waals surface area contributed by atoms with Crippen molar-refractivity contribution in [3.05, 3.63) is 33.0 Å². The van der Waals surface area contributed by atoms with Gasteiger partial charge in [-0.1, -0.05) is 46.6 Å². The second-order valence-electron chi connectivity index (χ2n) is 4.36. The normalized spacial score (nSPS) is 10.8. The van der Waals surface area contributed by atoms with E-state index in [9.17, 15) is 4.79 Å². The number of amides is 1. The topological polar surface area (TPSA) is 59.8 Å². The van der Waals surface area contributed by atoms with Gasteiger partial charge >= 0.3 is 0 Å². The number of nitrogens with one attached hydrogen (secondary N) is 1. The van der Waals surface area contributed by atoms with Gasteiger partial charge in [0.2, 0.25) is 5.91 Å². The summed E-state index contributed by atoms with van der Waals surface area (Å²) in [7, 11) is 0. The number of halogens is 3.